The van der Waals surface area contributed by atoms with E-state index >= 15 is 0 Å². The van der Waals surface area contributed by atoms with Gasteiger partial charge in [-0.3, -0.25) is 0 Å². The van der Waals surface area contributed by atoms with Gasteiger partial charge in [-0.1, -0.05) is 12.1 Å². The number of methoxy groups -OCH3 is 1. The van der Waals surface area contributed by atoms with Crippen LogP contribution in [0.3, 0.4) is 0 Å². The van der Waals surface area contributed by atoms with Crippen LogP contribution in [0, 0.1) is 0 Å². The van der Waals surface area contributed by atoms with Gasteiger partial charge in [-0.2, -0.15) is 0 Å². The highest BCUT2D eigenvalue weighted by atomic mass is 16.5. The van der Waals surface area contributed by atoms with Gasteiger partial charge < -0.3 is 19.5 Å². The topological polar surface area (TPSA) is 39.7 Å². The average Bonchev–Trinajstić information content (AvgIpc) is 2.75. The lowest BCUT2D eigenvalue weighted by atomic mass is 10.1. The van der Waals surface area contributed by atoms with Crippen molar-refractivity contribution >= 4 is 5.57 Å². The van der Waals surface area contributed by atoms with Gasteiger partial charge >= 0.3 is 0 Å². The minimum atomic E-state index is 0.725. The highest BCUT2D eigenvalue weighted by Crippen LogP contribution is 2.32. The molecule has 0 unspecified atom stereocenters. The van der Waals surface area contributed by atoms with Crippen molar-refractivity contribution in [2.24, 2.45) is 0 Å². The maximum absolute atomic E-state index is 5.73. The van der Waals surface area contributed by atoms with Crippen molar-refractivity contribution in [2.45, 2.75) is 19.8 Å². The van der Waals surface area contributed by atoms with E-state index in [-0.39, 0.29) is 0 Å². The molecule has 0 radical (unpaired) electrons. The zero-order valence-electron chi connectivity index (χ0n) is 13.0. The van der Waals surface area contributed by atoms with Crippen LogP contribution in [0.4, 0.5) is 0 Å². The molecule has 1 aliphatic heterocycles. The van der Waals surface area contributed by atoms with E-state index in [2.05, 4.69) is 30.4 Å². The Morgan fingerprint density at radius 1 is 1.24 bits per heavy atom. The monoisotopic (exact) mass is 291 g/mol. The molecule has 1 heterocycles. The van der Waals surface area contributed by atoms with Crippen LogP contribution < -0.4 is 14.8 Å². The Morgan fingerprint density at radius 2 is 2.05 bits per heavy atom. The first kappa shape index (κ1) is 15.9. The lowest BCUT2D eigenvalue weighted by molar-refractivity contribution is 0.199. The van der Waals surface area contributed by atoms with Crippen LogP contribution in [0.15, 0.2) is 24.3 Å². The molecule has 1 N–H and O–H groups in total. The first-order chi connectivity index (χ1) is 10.3. The Kier molecular flexibility index (Phi) is 6.57. The molecule has 1 aliphatic rings. The van der Waals surface area contributed by atoms with Crippen molar-refractivity contribution < 1.29 is 14.2 Å². The van der Waals surface area contributed by atoms with Crippen molar-refractivity contribution in [1.29, 1.82) is 0 Å². The fraction of sp³-hybridized carbons (Fsp3) is 0.529. The van der Waals surface area contributed by atoms with Gasteiger partial charge in [0, 0.05) is 20.1 Å². The predicted octanol–water partition coefficient (Wildman–Crippen LogP) is 2.88. The molecule has 0 fully saturated rings. The molecule has 0 amide bonds. The molecular weight excluding hydrogens is 266 g/mol. The molecule has 0 aliphatic carbocycles. The summed E-state index contributed by atoms with van der Waals surface area (Å²) >= 11 is 0. The van der Waals surface area contributed by atoms with Crippen LogP contribution in [0.1, 0.15) is 25.3 Å². The summed E-state index contributed by atoms with van der Waals surface area (Å²) in [5, 5.41) is 3.34. The molecule has 0 saturated carbocycles. The summed E-state index contributed by atoms with van der Waals surface area (Å²) in [5.74, 6) is 1.71. The van der Waals surface area contributed by atoms with Crippen LogP contribution >= 0.6 is 0 Å². The zero-order valence-corrected chi connectivity index (χ0v) is 13.0. The van der Waals surface area contributed by atoms with Gasteiger partial charge in [0.2, 0.25) is 0 Å². The quantitative estimate of drug-likeness (QED) is 0.784. The molecule has 1 aromatic rings. The number of nitrogens with one attached hydrogen (secondary N) is 1. The van der Waals surface area contributed by atoms with E-state index in [4.69, 9.17) is 14.2 Å². The highest BCUT2D eigenvalue weighted by molar-refractivity contribution is 5.66. The van der Waals surface area contributed by atoms with Gasteiger partial charge in [-0.25, -0.2) is 0 Å². The summed E-state index contributed by atoms with van der Waals surface area (Å²) in [6.45, 7) is 6.20. The van der Waals surface area contributed by atoms with Crippen molar-refractivity contribution in [3.05, 3.63) is 29.8 Å². The maximum Gasteiger partial charge on any atom is 0.161 e. The molecule has 0 bridgehead atoms. The minimum absolute atomic E-state index is 0.725. The van der Waals surface area contributed by atoms with Crippen LogP contribution in [0.25, 0.3) is 5.57 Å². The van der Waals surface area contributed by atoms with E-state index in [0.29, 0.717) is 0 Å². The fourth-order valence-electron chi connectivity index (χ4n) is 2.22. The molecule has 0 spiro atoms. The Labute approximate surface area is 127 Å². The van der Waals surface area contributed by atoms with Gasteiger partial charge in [0.1, 0.15) is 0 Å². The van der Waals surface area contributed by atoms with Crippen molar-refractivity contribution in [3.8, 4) is 11.5 Å². The normalized spacial score (nSPS) is 14.9. The van der Waals surface area contributed by atoms with Crippen molar-refractivity contribution in [3.63, 3.8) is 0 Å². The SMILES string of the molecule is COCCNCCC=C(C)c1ccc2c(c1)OCCCO2. The summed E-state index contributed by atoms with van der Waals surface area (Å²) in [7, 11) is 1.72. The van der Waals surface area contributed by atoms with Gasteiger partial charge in [0.05, 0.1) is 19.8 Å². The summed E-state index contributed by atoms with van der Waals surface area (Å²) in [4.78, 5) is 0. The number of benzene rings is 1. The fourth-order valence-corrected chi connectivity index (χ4v) is 2.22. The molecule has 2 rings (SSSR count). The molecule has 4 nitrogen and oxygen atoms in total. The van der Waals surface area contributed by atoms with Crippen LogP contribution in [-0.2, 0) is 4.74 Å². The number of fused-ring (bicyclic) bond motifs is 1. The second-order valence-corrected chi connectivity index (χ2v) is 5.13. The zero-order chi connectivity index (χ0) is 14.9. The predicted molar refractivity (Wildman–Crippen MR) is 85.1 cm³/mol. The minimum Gasteiger partial charge on any atom is -0.490 e. The van der Waals surface area contributed by atoms with Gasteiger partial charge in [-0.05, 0) is 43.2 Å². The number of hydrogen-bond acceptors (Lipinski definition) is 4. The number of hydrogen-bond donors (Lipinski definition) is 1. The molecule has 21 heavy (non-hydrogen) atoms. The first-order valence-electron chi connectivity index (χ1n) is 7.57. The third-order valence-corrected chi connectivity index (χ3v) is 3.46. The lowest BCUT2D eigenvalue weighted by Crippen LogP contribution is -2.19. The van der Waals surface area contributed by atoms with E-state index in [9.17, 15) is 0 Å². The first-order valence-corrected chi connectivity index (χ1v) is 7.57. The Morgan fingerprint density at radius 3 is 2.86 bits per heavy atom. The van der Waals surface area contributed by atoms with Crippen molar-refractivity contribution in [1.82, 2.24) is 5.32 Å². The van der Waals surface area contributed by atoms with E-state index in [1.54, 1.807) is 7.11 Å². The average molecular weight is 291 g/mol. The van der Waals surface area contributed by atoms with Gasteiger partial charge in [-0.15, -0.1) is 0 Å². The lowest BCUT2D eigenvalue weighted by Gasteiger charge is -2.10. The van der Waals surface area contributed by atoms with Crippen LogP contribution in [0.2, 0.25) is 0 Å². The van der Waals surface area contributed by atoms with Gasteiger partial charge in [0.15, 0.2) is 11.5 Å². The smallest absolute Gasteiger partial charge is 0.161 e. The molecule has 0 atom stereocenters. The Hall–Kier alpha value is -1.52. The molecule has 0 aromatic heterocycles. The Balaban J connectivity index is 1.89. The van der Waals surface area contributed by atoms with E-state index in [1.165, 1.54) is 11.1 Å². The van der Waals surface area contributed by atoms with Crippen LogP contribution in [-0.4, -0.2) is 40.0 Å². The number of rotatable bonds is 7. The third kappa shape index (κ3) is 5.06. The largest absolute Gasteiger partial charge is 0.490 e. The summed E-state index contributed by atoms with van der Waals surface area (Å²) < 4.78 is 16.4. The second kappa shape index (κ2) is 8.70. The van der Waals surface area contributed by atoms with E-state index < -0.39 is 0 Å². The summed E-state index contributed by atoms with van der Waals surface area (Å²) in [5.41, 5.74) is 2.45. The standard InChI is InChI=1S/C17H25NO3/c1-14(5-3-8-18-9-12-19-2)15-6-7-16-17(13-15)21-11-4-10-20-16/h5-7,13,18H,3-4,8-12H2,1-2H3. The third-order valence-electron chi connectivity index (χ3n) is 3.46. The van der Waals surface area contributed by atoms with Gasteiger partial charge in [0.25, 0.3) is 0 Å². The highest BCUT2D eigenvalue weighted by Gasteiger charge is 2.10. The maximum atomic E-state index is 5.73. The molecule has 1 aromatic carbocycles. The van der Waals surface area contributed by atoms with Crippen molar-refractivity contribution in [2.75, 3.05) is 40.0 Å². The number of allylic oxidation sites excluding steroid dienone is 1. The molecule has 0 saturated heterocycles. The van der Waals surface area contributed by atoms with E-state index in [1.807, 2.05) is 6.07 Å². The van der Waals surface area contributed by atoms with E-state index in [0.717, 1.165) is 57.3 Å². The molecule has 116 valence electrons. The molecule has 4 heteroatoms. The summed E-state index contributed by atoms with van der Waals surface area (Å²) in [6, 6.07) is 6.17. The summed E-state index contributed by atoms with van der Waals surface area (Å²) in [6.07, 6.45) is 4.19. The van der Waals surface area contributed by atoms with Crippen LogP contribution in [0.5, 0.6) is 11.5 Å². The Bertz CT molecular complexity index is 471. The number of ether oxygens (including phenoxy) is 3. The molecular formula is C17H25NO3. The second-order valence-electron chi connectivity index (χ2n) is 5.13.